The lowest BCUT2D eigenvalue weighted by molar-refractivity contribution is -0.0752. The lowest BCUT2D eigenvalue weighted by Gasteiger charge is -2.42. The minimum atomic E-state index is -0.111. The molecule has 2 heterocycles. The summed E-state index contributed by atoms with van der Waals surface area (Å²) in [4.78, 5) is 11.5. The Kier molecular flexibility index (Phi) is 3.67. The Bertz CT molecular complexity index is 487. The molecule has 0 unspecified atom stereocenters. The van der Waals surface area contributed by atoms with Crippen molar-refractivity contribution in [2.24, 2.45) is 0 Å². The third kappa shape index (κ3) is 2.80. The van der Waals surface area contributed by atoms with E-state index < -0.39 is 0 Å². The third-order valence-corrected chi connectivity index (χ3v) is 4.22. The number of anilines is 1. The molecule has 1 aromatic rings. The van der Waals surface area contributed by atoms with Crippen molar-refractivity contribution in [2.45, 2.75) is 64.6 Å². The van der Waals surface area contributed by atoms with Crippen LogP contribution < -0.4 is 4.90 Å². The number of hydrogen-bond donors (Lipinski definition) is 0. The van der Waals surface area contributed by atoms with Crippen LogP contribution in [-0.4, -0.2) is 34.8 Å². The van der Waals surface area contributed by atoms with Crippen molar-refractivity contribution in [3.8, 4) is 0 Å². The summed E-state index contributed by atoms with van der Waals surface area (Å²) >= 11 is 0. The Morgan fingerprint density at radius 3 is 2.80 bits per heavy atom. The molecule has 0 aromatic carbocycles. The highest BCUT2D eigenvalue weighted by molar-refractivity contribution is 5.50. The highest BCUT2D eigenvalue weighted by atomic mass is 16.5. The van der Waals surface area contributed by atoms with E-state index in [4.69, 9.17) is 4.74 Å². The number of nitrogens with zero attached hydrogens (tertiary/aromatic N) is 3. The highest BCUT2D eigenvalue weighted by Gasteiger charge is 2.33. The molecule has 110 valence electrons. The lowest BCUT2D eigenvalue weighted by Crippen LogP contribution is -2.52. The predicted octanol–water partition coefficient (Wildman–Crippen LogP) is 2.75. The lowest BCUT2D eigenvalue weighted by atomic mass is 10.0. The van der Waals surface area contributed by atoms with Crippen LogP contribution in [0.3, 0.4) is 0 Å². The molecule has 0 amide bonds. The zero-order valence-corrected chi connectivity index (χ0v) is 12.9. The van der Waals surface area contributed by atoms with E-state index in [-0.39, 0.29) is 11.7 Å². The predicted molar refractivity (Wildman–Crippen MR) is 80.1 cm³/mol. The summed E-state index contributed by atoms with van der Waals surface area (Å²) < 4.78 is 6.01. The van der Waals surface area contributed by atoms with Gasteiger partial charge in [0.15, 0.2) is 0 Å². The fourth-order valence-electron chi connectivity index (χ4n) is 3.57. The van der Waals surface area contributed by atoms with Crippen LogP contribution in [0, 0.1) is 0 Å². The molecule has 0 N–H and O–H groups in total. The van der Waals surface area contributed by atoms with E-state index in [1.807, 2.05) is 0 Å². The van der Waals surface area contributed by atoms with Crippen LogP contribution in [-0.2, 0) is 17.6 Å². The van der Waals surface area contributed by atoms with E-state index >= 15 is 0 Å². The molecule has 4 heteroatoms. The zero-order valence-electron chi connectivity index (χ0n) is 12.9. The van der Waals surface area contributed by atoms with Gasteiger partial charge >= 0.3 is 0 Å². The van der Waals surface area contributed by atoms with Gasteiger partial charge in [-0.15, -0.1) is 0 Å². The Morgan fingerprint density at radius 1 is 1.20 bits per heavy atom. The van der Waals surface area contributed by atoms with Gasteiger partial charge in [-0.25, -0.2) is 9.97 Å². The fraction of sp³-hybridized carbons (Fsp3) is 0.750. The number of hydrogen-bond acceptors (Lipinski definition) is 4. The molecule has 0 saturated carbocycles. The quantitative estimate of drug-likeness (QED) is 0.739. The van der Waals surface area contributed by atoms with Crippen LogP contribution in [0.4, 0.5) is 5.82 Å². The summed E-state index contributed by atoms with van der Waals surface area (Å²) in [5.74, 6) is 1.15. The number of ether oxygens (including phenoxy) is 1. The van der Waals surface area contributed by atoms with Crippen LogP contribution in [0.15, 0.2) is 6.33 Å². The van der Waals surface area contributed by atoms with E-state index in [2.05, 4.69) is 35.6 Å². The summed E-state index contributed by atoms with van der Waals surface area (Å²) in [6.07, 6.45) is 8.04. The second-order valence-electron chi connectivity index (χ2n) is 6.75. The summed E-state index contributed by atoms with van der Waals surface area (Å²) in [6, 6.07) is 0. The maximum atomic E-state index is 6.01. The van der Waals surface area contributed by atoms with Crippen LogP contribution in [0.5, 0.6) is 0 Å². The normalized spacial score (nSPS) is 25.9. The number of fused-ring (bicyclic) bond motifs is 1. The van der Waals surface area contributed by atoms with E-state index in [9.17, 15) is 0 Å². The first-order valence-electron chi connectivity index (χ1n) is 7.81. The van der Waals surface area contributed by atoms with Crippen molar-refractivity contribution >= 4 is 5.82 Å². The molecule has 1 aliphatic carbocycles. The Labute approximate surface area is 121 Å². The molecule has 0 spiro atoms. The maximum Gasteiger partial charge on any atom is 0.135 e. The number of morpholine rings is 1. The molecule has 1 aromatic heterocycles. The molecule has 3 rings (SSSR count). The smallest absolute Gasteiger partial charge is 0.135 e. The molecule has 1 fully saturated rings. The van der Waals surface area contributed by atoms with Crippen LogP contribution >= 0.6 is 0 Å². The average Bonchev–Trinajstić information content (AvgIpc) is 2.60. The van der Waals surface area contributed by atoms with Crippen molar-refractivity contribution in [3.05, 3.63) is 17.6 Å². The van der Waals surface area contributed by atoms with Crippen molar-refractivity contribution in [1.29, 1.82) is 0 Å². The molecule has 1 aliphatic heterocycles. The van der Waals surface area contributed by atoms with E-state index in [0.29, 0.717) is 0 Å². The summed E-state index contributed by atoms with van der Waals surface area (Å²) in [5, 5.41) is 0. The first-order chi connectivity index (χ1) is 9.55. The third-order valence-electron chi connectivity index (χ3n) is 4.22. The zero-order chi connectivity index (χ0) is 14.2. The van der Waals surface area contributed by atoms with Crippen molar-refractivity contribution < 1.29 is 4.74 Å². The molecule has 2 aliphatic rings. The van der Waals surface area contributed by atoms with Crippen LogP contribution in [0.2, 0.25) is 0 Å². The van der Waals surface area contributed by atoms with Gasteiger partial charge < -0.3 is 9.64 Å². The molecular weight excluding hydrogens is 250 g/mol. The van der Waals surface area contributed by atoms with Gasteiger partial charge in [-0.1, -0.05) is 6.42 Å². The maximum absolute atomic E-state index is 6.01. The van der Waals surface area contributed by atoms with Gasteiger partial charge in [0.25, 0.3) is 0 Å². The topological polar surface area (TPSA) is 38.2 Å². The second-order valence-corrected chi connectivity index (χ2v) is 6.75. The van der Waals surface area contributed by atoms with Gasteiger partial charge in [0, 0.05) is 24.3 Å². The molecule has 20 heavy (non-hydrogen) atoms. The van der Waals surface area contributed by atoms with E-state index in [1.165, 1.54) is 30.5 Å². The second kappa shape index (κ2) is 5.32. The van der Waals surface area contributed by atoms with E-state index in [1.54, 1.807) is 6.33 Å². The average molecular weight is 275 g/mol. The van der Waals surface area contributed by atoms with Gasteiger partial charge in [-0.05, 0) is 46.5 Å². The minimum Gasteiger partial charge on any atom is -0.369 e. The van der Waals surface area contributed by atoms with Gasteiger partial charge in [0.2, 0.25) is 0 Å². The minimum absolute atomic E-state index is 0.111. The summed E-state index contributed by atoms with van der Waals surface area (Å²) in [5.41, 5.74) is 2.54. The number of rotatable bonds is 1. The van der Waals surface area contributed by atoms with Crippen LogP contribution in [0.1, 0.15) is 51.3 Å². The number of aromatic nitrogens is 2. The van der Waals surface area contributed by atoms with Crippen molar-refractivity contribution in [1.82, 2.24) is 9.97 Å². The standard InChI is InChI=1S/C16H25N3O/c1-12-9-19(10-16(2,3)20-12)15-13-7-5-4-6-8-14(13)17-11-18-15/h11-12H,4-10H2,1-3H3/t12-/m0/s1. The van der Waals surface area contributed by atoms with Crippen molar-refractivity contribution in [2.75, 3.05) is 18.0 Å². The largest absolute Gasteiger partial charge is 0.369 e. The van der Waals surface area contributed by atoms with Gasteiger partial charge in [0.05, 0.1) is 11.7 Å². The SMILES string of the molecule is C[C@H]1CN(c2ncnc3c2CCCCC3)CC(C)(C)O1. The highest BCUT2D eigenvalue weighted by Crippen LogP contribution is 2.30. The molecule has 1 saturated heterocycles. The molecule has 4 nitrogen and oxygen atoms in total. The molecular formula is C16H25N3O. The molecule has 0 radical (unpaired) electrons. The Hall–Kier alpha value is -1.16. The fourth-order valence-corrected chi connectivity index (χ4v) is 3.57. The Balaban J connectivity index is 1.93. The first-order valence-corrected chi connectivity index (χ1v) is 7.81. The monoisotopic (exact) mass is 275 g/mol. The summed E-state index contributed by atoms with van der Waals surface area (Å²) in [6.45, 7) is 8.30. The van der Waals surface area contributed by atoms with Crippen molar-refractivity contribution in [3.63, 3.8) is 0 Å². The first kappa shape index (κ1) is 13.8. The summed E-state index contributed by atoms with van der Waals surface area (Å²) in [7, 11) is 0. The Morgan fingerprint density at radius 2 is 2.00 bits per heavy atom. The van der Waals surface area contributed by atoms with E-state index in [0.717, 1.165) is 31.7 Å². The number of aryl methyl sites for hydroxylation is 1. The molecule has 0 bridgehead atoms. The molecule has 1 atom stereocenters. The van der Waals surface area contributed by atoms with Gasteiger partial charge in [-0.2, -0.15) is 0 Å². The van der Waals surface area contributed by atoms with Gasteiger partial charge in [0.1, 0.15) is 12.1 Å². The van der Waals surface area contributed by atoms with Gasteiger partial charge in [-0.3, -0.25) is 0 Å². The van der Waals surface area contributed by atoms with Crippen LogP contribution in [0.25, 0.3) is 0 Å².